The van der Waals surface area contributed by atoms with Crippen molar-refractivity contribution in [3.8, 4) is 0 Å². The fourth-order valence-electron chi connectivity index (χ4n) is 10.1. The Morgan fingerprint density at radius 2 is 0.561 bits per heavy atom. The number of amides is 1. The molecule has 0 aromatic heterocycles. The number of hydrogen-bond acceptors (Lipinski definition) is 3. The molecule has 4 nitrogen and oxygen atoms in total. The van der Waals surface area contributed by atoms with Crippen LogP contribution in [0.25, 0.3) is 0 Å². The van der Waals surface area contributed by atoms with Gasteiger partial charge in [-0.1, -0.05) is 347 Å². The number of aliphatic hydroxyl groups excluding tert-OH is 2. The van der Waals surface area contributed by atoms with Gasteiger partial charge < -0.3 is 15.5 Å². The van der Waals surface area contributed by atoms with Crippen LogP contribution in [0.1, 0.15) is 361 Å². The third-order valence-electron chi connectivity index (χ3n) is 14.8. The smallest absolute Gasteiger partial charge is 0.220 e. The minimum atomic E-state index is -0.834. The second-order valence-corrected chi connectivity index (χ2v) is 21.5. The highest BCUT2D eigenvalue weighted by molar-refractivity contribution is 5.76. The van der Waals surface area contributed by atoms with E-state index in [2.05, 4.69) is 19.2 Å². The van der Waals surface area contributed by atoms with Crippen molar-refractivity contribution >= 4 is 5.91 Å². The molecule has 4 heteroatoms. The molecule has 394 valence electrons. The van der Waals surface area contributed by atoms with E-state index in [1.165, 1.54) is 315 Å². The van der Waals surface area contributed by atoms with Gasteiger partial charge >= 0.3 is 0 Å². The van der Waals surface area contributed by atoms with Crippen molar-refractivity contribution in [3.63, 3.8) is 0 Å². The van der Waals surface area contributed by atoms with Gasteiger partial charge in [0.15, 0.2) is 0 Å². The molecular formula is C62H123NO3. The van der Waals surface area contributed by atoms with Crippen molar-refractivity contribution in [2.75, 3.05) is 6.61 Å². The molecule has 3 N–H and O–H groups in total. The predicted octanol–water partition coefficient (Wildman–Crippen LogP) is 20.5. The molecule has 0 aromatic carbocycles. The maximum absolute atomic E-state index is 12.4. The van der Waals surface area contributed by atoms with Crippen molar-refractivity contribution in [1.29, 1.82) is 0 Å². The normalized spacial score (nSPS) is 12.7. The van der Waals surface area contributed by atoms with Crippen molar-refractivity contribution in [3.05, 3.63) is 12.2 Å². The maximum atomic E-state index is 12.4. The monoisotopic (exact) mass is 930 g/mol. The number of rotatable bonds is 58. The van der Waals surface area contributed by atoms with Gasteiger partial charge in [-0.2, -0.15) is 0 Å². The molecule has 0 aromatic rings. The zero-order chi connectivity index (χ0) is 47.7. The molecule has 0 radical (unpaired) electrons. The molecule has 0 fully saturated rings. The van der Waals surface area contributed by atoms with Crippen LogP contribution < -0.4 is 5.32 Å². The van der Waals surface area contributed by atoms with Gasteiger partial charge in [0, 0.05) is 6.42 Å². The van der Waals surface area contributed by atoms with E-state index in [1.54, 1.807) is 6.08 Å². The van der Waals surface area contributed by atoms with Gasteiger partial charge in [-0.15, -0.1) is 0 Å². The first-order valence-corrected chi connectivity index (χ1v) is 30.9. The average Bonchev–Trinajstić information content (AvgIpc) is 3.32. The summed E-state index contributed by atoms with van der Waals surface area (Å²) in [6, 6.07) is -0.617. The Balaban J connectivity index is 3.32. The van der Waals surface area contributed by atoms with Crippen molar-refractivity contribution in [2.45, 2.75) is 373 Å². The molecule has 1 amide bonds. The molecule has 2 atom stereocenters. The van der Waals surface area contributed by atoms with E-state index in [9.17, 15) is 15.0 Å². The number of unbranched alkanes of at least 4 members (excludes halogenated alkanes) is 51. The molecular weight excluding hydrogens is 807 g/mol. The van der Waals surface area contributed by atoms with E-state index in [4.69, 9.17) is 0 Å². The number of carbonyl (C=O) groups is 1. The summed E-state index contributed by atoms with van der Waals surface area (Å²) in [6.07, 6.45) is 77.1. The van der Waals surface area contributed by atoms with E-state index in [1.807, 2.05) is 6.08 Å². The van der Waals surface area contributed by atoms with E-state index < -0.39 is 12.1 Å². The Morgan fingerprint density at radius 1 is 0.348 bits per heavy atom. The van der Waals surface area contributed by atoms with E-state index >= 15 is 0 Å². The van der Waals surface area contributed by atoms with Crippen LogP contribution >= 0.6 is 0 Å². The molecule has 66 heavy (non-hydrogen) atoms. The van der Waals surface area contributed by atoms with E-state index in [0.29, 0.717) is 6.42 Å². The number of aliphatic hydroxyl groups is 2. The lowest BCUT2D eigenvalue weighted by atomic mass is 10.0. The standard InChI is InChI=1S/C62H123NO3/c1-3-5-7-9-11-13-15-17-18-19-20-21-22-23-24-25-26-27-28-29-30-31-32-33-34-35-36-37-38-39-40-41-42-43-44-46-48-50-52-54-56-58-62(66)63-60(59-64)61(65)57-55-53-51-49-47-45-16-14-12-10-8-6-4-2/h55,57,60-61,64-65H,3-54,56,58-59H2,1-2H3,(H,63,66)/b57-55+. The lowest BCUT2D eigenvalue weighted by Gasteiger charge is -2.20. The maximum Gasteiger partial charge on any atom is 0.220 e. The summed E-state index contributed by atoms with van der Waals surface area (Å²) in [5.41, 5.74) is 0. The number of hydrogen-bond donors (Lipinski definition) is 3. The molecule has 0 aliphatic heterocycles. The SMILES string of the molecule is CCCCCCCCCCCCC/C=C/C(O)C(CO)NC(=O)CCCCCCCCCCCCCCCCCCCCCCCCCCCCCCCCCCCCCCCCCCC. The molecule has 0 spiro atoms. The molecule has 0 bridgehead atoms. The summed E-state index contributed by atoms with van der Waals surface area (Å²) >= 11 is 0. The van der Waals surface area contributed by atoms with Gasteiger partial charge in [0.05, 0.1) is 18.8 Å². The van der Waals surface area contributed by atoms with Crippen LogP contribution in [0.2, 0.25) is 0 Å². The summed E-state index contributed by atoms with van der Waals surface area (Å²) in [4.78, 5) is 12.4. The minimum absolute atomic E-state index is 0.0568. The topological polar surface area (TPSA) is 69.6 Å². The Kier molecular flexibility index (Phi) is 57.7. The van der Waals surface area contributed by atoms with Crippen LogP contribution in [0, 0.1) is 0 Å². The zero-order valence-corrected chi connectivity index (χ0v) is 45.5. The van der Waals surface area contributed by atoms with Gasteiger partial charge in [-0.25, -0.2) is 0 Å². The molecule has 0 saturated heterocycles. The van der Waals surface area contributed by atoms with Crippen LogP contribution in [0.15, 0.2) is 12.2 Å². The first kappa shape index (κ1) is 65.1. The molecule has 0 heterocycles. The first-order chi connectivity index (χ1) is 32.7. The predicted molar refractivity (Wildman–Crippen MR) is 295 cm³/mol. The third-order valence-corrected chi connectivity index (χ3v) is 14.8. The largest absolute Gasteiger partial charge is 0.394 e. The van der Waals surface area contributed by atoms with Crippen LogP contribution in [0.3, 0.4) is 0 Å². The lowest BCUT2D eigenvalue weighted by Crippen LogP contribution is -2.45. The third kappa shape index (κ3) is 54.1. The molecule has 0 saturated carbocycles. The Hall–Kier alpha value is -0.870. The number of carbonyl (C=O) groups excluding carboxylic acids is 1. The Bertz CT molecular complexity index is 921. The lowest BCUT2D eigenvalue weighted by molar-refractivity contribution is -0.123. The highest BCUT2D eigenvalue weighted by atomic mass is 16.3. The molecule has 0 aliphatic rings. The molecule has 2 unspecified atom stereocenters. The summed E-state index contributed by atoms with van der Waals surface area (Å²) in [5.74, 6) is -0.0568. The highest BCUT2D eigenvalue weighted by Gasteiger charge is 2.18. The second kappa shape index (κ2) is 58.4. The van der Waals surface area contributed by atoms with Gasteiger partial charge in [0.25, 0.3) is 0 Å². The van der Waals surface area contributed by atoms with Gasteiger partial charge in [0.1, 0.15) is 0 Å². The number of nitrogens with one attached hydrogen (secondary N) is 1. The van der Waals surface area contributed by atoms with Gasteiger partial charge in [0.2, 0.25) is 5.91 Å². The van der Waals surface area contributed by atoms with Crippen LogP contribution in [0.5, 0.6) is 0 Å². The van der Waals surface area contributed by atoms with Gasteiger partial charge in [-0.3, -0.25) is 4.79 Å². The van der Waals surface area contributed by atoms with Crippen molar-refractivity contribution in [2.24, 2.45) is 0 Å². The van der Waals surface area contributed by atoms with Crippen molar-refractivity contribution in [1.82, 2.24) is 5.32 Å². The zero-order valence-electron chi connectivity index (χ0n) is 45.5. The summed E-state index contributed by atoms with van der Waals surface area (Å²) in [5, 5.41) is 23.1. The second-order valence-electron chi connectivity index (χ2n) is 21.5. The quantitative estimate of drug-likeness (QED) is 0.0420. The minimum Gasteiger partial charge on any atom is -0.394 e. The van der Waals surface area contributed by atoms with Crippen LogP contribution in [-0.2, 0) is 4.79 Å². The Labute approximate surface area is 416 Å². The summed E-state index contributed by atoms with van der Waals surface area (Å²) < 4.78 is 0. The van der Waals surface area contributed by atoms with Crippen LogP contribution in [-0.4, -0.2) is 34.9 Å². The molecule has 0 rings (SSSR count). The van der Waals surface area contributed by atoms with Crippen LogP contribution in [0.4, 0.5) is 0 Å². The fraction of sp³-hybridized carbons (Fsp3) is 0.952. The highest BCUT2D eigenvalue weighted by Crippen LogP contribution is 2.19. The first-order valence-electron chi connectivity index (χ1n) is 30.9. The van der Waals surface area contributed by atoms with E-state index in [0.717, 1.165) is 25.7 Å². The molecule has 0 aliphatic carbocycles. The Morgan fingerprint density at radius 3 is 0.788 bits per heavy atom. The fourth-order valence-corrected chi connectivity index (χ4v) is 10.1. The van der Waals surface area contributed by atoms with E-state index in [-0.39, 0.29) is 12.5 Å². The van der Waals surface area contributed by atoms with Crippen molar-refractivity contribution < 1.29 is 15.0 Å². The average molecular weight is 931 g/mol. The summed E-state index contributed by atoms with van der Waals surface area (Å²) in [6.45, 7) is 4.34. The summed E-state index contributed by atoms with van der Waals surface area (Å²) in [7, 11) is 0. The van der Waals surface area contributed by atoms with Gasteiger partial charge in [-0.05, 0) is 19.3 Å². The number of allylic oxidation sites excluding steroid dienone is 1.